The first-order chi connectivity index (χ1) is 5.90. The van der Waals surface area contributed by atoms with E-state index in [-0.39, 0.29) is 13.2 Å². The maximum absolute atomic E-state index is 13.4. The summed E-state index contributed by atoms with van der Waals surface area (Å²) in [6, 6.07) is 0. The number of halogens is 3. The molecule has 76 valence electrons. The number of carboxylic acids is 1. The van der Waals surface area contributed by atoms with Crippen molar-refractivity contribution < 1.29 is 27.8 Å². The van der Waals surface area contributed by atoms with Crippen molar-refractivity contribution in [3.63, 3.8) is 0 Å². The van der Waals surface area contributed by atoms with Gasteiger partial charge in [0.05, 0.1) is 0 Å². The molecule has 0 radical (unpaired) electrons. The van der Waals surface area contributed by atoms with Gasteiger partial charge >= 0.3 is 11.9 Å². The van der Waals surface area contributed by atoms with E-state index in [2.05, 4.69) is 4.74 Å². The van der Waals surface area contributed by atoms with Crippen molar-refractivity contribution in [2.45, 2.75) is 24.4 Å². The van der Waals surface area contributed by atoms with Gasteiger partial charge in [-0.15, -0.1) is 0 Å². The van der Waals surface area contributed by atoms with Crippen LogP contribution in [0, 0.1) is 0 Å². The highest BCUT2D eigenvalue weighted by molar-refractivity contribution is 5.77. The van der Waals surface area contributed by atoms with E-state index >= 15 is 0 Å². The molecule has 1 fully saturated rings. The van der Waals surface area contributed by atoms with E-state index in [0.29, 0.717) is 0 Å². The highest BCUT2D eigenvalue weighted by atomic mass is 19.3. The predicted molar refractivity (Wildman–Crippen MR) is 36.5 cm³/mol. The first-order valence-corrected chi connectivity index (χ1v) is 3.78. The summed E-state index contributed by atoms with van der Waals surface area (Å²) >= 11 is 0. The molecule has 0 aromatic carbocycles. The van der Waals surface area contributed by atoms with E-state index in [4.69, 9.17) is 5.11 Å². The van der Waals surface area contributed by atoms with E-state index in [1.54, 1.807) is 0 Å². The normalized spacial score (nSPS) is 22.7. The fourth-order valence-electron chi connectivity index (χ4n) is 1.20. The topological polar surface area (TPSA) is 46.5 Å². The van der Waals surface area contributed by atoms with Crippen molar-refractivity contribution in [2.75, 3.05) is 13.2 Å². The first kappa shape index (κ1) is 10.3. The highest BCUT2D eigenvalue weighted by Gasteiger charge is 2.60. The molecular formula is C7H9F3O3. The molecule has 0 aromatic heterocycles. The van der Waals surface area contributed by atoms with Crippen LogP contribution in [0.3, 0.4) is 0 Å². The van der Waals surface area contributed by atoms with E-state index in [0.717, 1.165) is 0 Å². The molecule has 1 aliphatic rings. The molecule has 13 heavy (non-hydrogen) atoms. The molecule has 1 N–H and O–H groups in total. The highest BCUT2D eigenvalue weighted by Crippen LogP contribution is 2.40. The van der Waals surface area contributed by atoms with Gasteiger partial charge in [0, 0.05) is 26.1 Å². The Kier molecular flexibility index (Phi) is 2.51. The van der Waals surface area contributed by atoms with Crippen LogP contribution in [0.5, 0.6) is 0 Å². The van der Waals surface area contributed by atoms with Crippen molar-refractivity contribution in [2.24, 2.45) is 0 Å². The molecule has 0 bridgehead atoms. The Bertz CT molecular complexity index is 211. The number of carboxylic acid groups (broad SMARTS) is 1. The molecule has 0 atom stereocenters. The summed E-state index contributed by atoms with van der Waals surface area (Å²) in [5, 5.41) is 8.13. The second kappa shape index (κ2) is 3.17. The van der Waals surface area contributed by atoms with E-state index in [9.17, 15) is 18.0 Å². The molecule has 3 nitrogen and oxygen atoms in total. The maximum atomic E-state index is 13.4. The van der Waals surface area contributed by atoms with Crippen LogP contribution >= 0.6 is 0 Å². The number of rotatable bonds is 2. The largest absolute Gasteiger partial charge is 0.477 e. The SMILES string of the molecule is O=C(O)C(F)(F)C1(F)CCOCC1. The number of hydrogen-bond acceptors (Lipinski definition) is 2. The third-order valence-electron chi connectivity index (χ3n) is 2.12. The third kappa shape index (κ3) is 1.63. The Morgan fingerprint density at radius 2 is 1.85 bits per heavy atom. The Hall–Kier alpha value is -0.780. The van der Waals surface area contributed by atoms with Crippen LogP contribution in [0.1, 0.15) is 12.8 Å². The van der Waals surface area contributed by atoms with Crippen LogP contribution in [0.25, 0.3) is 0 Å². The standard InChI is InChI=1S/C7H9F3O3/c8-6(1-3-13-4-2-6)7(9,10)5(11)12/h1-4H2,(H,11,12). The molecule has 0 spiro atoms. The van der Waals surface area contributed by atoms with Gasteiger partial charge in [-0.1, -0.05) is 0 Å². The fourth-order valence-corrected chi connectivity index (χ4v) is 1.20. The van der Waals surface area contributed by atoms with Crippen LogP contribution in [0.2, 0.25) is 0 Å². The monoisotopic (exact) mass is 198 g/mol. The molecule has 1 saturated heterocycles. The van der Waals surface area contributed by atoms with E-state index in [1.807, 2.05) is 0 Å². The summed E-state index contributed by atoms with van der Waals surface area (Å²) in [6.45, 7) is -0.335. The molecule has 1 aliphatic heterocycles. The molecule has 0 unspecified atom stereocenters. The van der Waals surface area contributed by atoms with Crippen molar-refractivity contribution in [1.82, 2.24) is 0 Å². The average Bonchev–Trinajstić information content (AvgIpc) is 2.05. The van der Waals surface area contributed by atoms with Gasteiger partial charge in [-0.3, -0.25) is 0 Å². The van der Waals surface area contributed by atoms with Gasteiger partial charge in [0.15, 0.2) is 5.67 Å². The second-order valence-corrected chi connectivity index (χ2v) is 2.96. The number of ether oxygens (including phenoxy) is 1. The summed E-state index contributed by atoms with van der Waals surface area (Å²) in [4.78, 5) is 10.1. The number of hydrogen-bond donors (Lipinski definition) is 1. The number of carbonyl (C=O) groups is 1. The van der Waals surface area contributed by atoms with Gasteiger partial charge in [0.1, 0.15) is 0 Å². The number of alkyl halides is 3. The van der Waals surface area contributed by atoms with Gasteiger partial charge in [0.25, 0.3) is 0 Å². The lowest BCUT2D eigenvalue weighted by Crippen LogP contribution is -2.53. The van der Waals surface area contributed by atoms with Crippen LogP contribution in [-0.4, -0.2) is 35.9 Å². The summed E-state index contributed by atoms with van der Waals surface area (Å²) in [6.07, 6.45) is -1.15. The van der Waals surface area contributed by atoms with E-state index in [1.165, 1.54) is 0 Å². The predicted octanol–water partition coefficient (Wildman–Crippen LogP) is 1.23. The lowest BCUT2D eigenvalue weighted by molar-refractivity contribution is -0.203. The summed E-state index contributed by atoms with van der Waals surface area (Å²) in [7, 11) is 0. The van der Waals surface area contributed by atoms with Gasteiger partial charge in [-0.25, -0.2) is 9.18 Å². The zero-order valence-corrected chi connectivity index (χ0v) is 6.73. The lowest BCUT2D eigenvalue weighted by atomic mass is 9.89. The minimum absolute atomic E-state index is 0.167. The van der Waals surface area contributed by atoms with E-state index < -0.39 is 30.4 Å². The smallest absolute Gasteiger partial charge is 0.378 e. The summed E-state index contributed by atoms with van der Waals surface area (Å²) in [5.41, 5.74) is -2.96. The minimum atomic E-state index is -4.32. The second-order valence-electron chi connectivity index (χ2n) is 2.96. The molecule has 1 rings (SSSR count). The lowest BCUT2D eigenvalue weighted by Gasteiger charge is -2.33. The van der Waals surface area contributed by atoms with Crippen LogP contribution in [0.15, 0.2) is 0 Å². The van der Waals surface area contributed by atoms with Gasteiger partial charge < -0.3 is 9.84 Å². The maximum Gasteiger partial charge on any atom is 0.378 e. The Balaban J connectivity index is 2.82. The Labute approximate surface area is 72.5 Å². The van der Waals surface area contributed by atoms with Crippen molar-refractivity contribution in [1.29, 1.82) is 0 Å². The molecule has 0 saturated carbocycles. The minimum Gasteiger partial charge on any atom is -0.477 e. The van der Waals surface area contributed by atoms with Crippen LogP contribution in [-0.2, 0) is 9.53 Å². The third-order valence-corrected chi connectivity index (χ3v) is 2.12. The summed E-state index contributed by atoms with van der Waals surface area (Å²) in [5.74, 6) is -6.74. The Morgan fingerprint density at radius 1 is 1.38 bits per heavy atom. The number of aliphatic carboxylic acids is 1. The molecular weight excluding hydrogens is 189 g/mol. The quantitative estimate of drug-likeness (QED) is 0.725. The Morgan fingerprint density at radius 3 is 2.23 bits per heavy atom. The van der Waals surface area contributed by atoms with Crippen molar-refractivity contribution >= 4 is 5.97 Å². The fraction of sp³-hybridized carbons (Fsp3) is 0.857. The van der Waals surface area contributed by atoms with Gasteiger partial charge in [-0.05, 0) is 0 Å². The molecule has 0 amide bonds. The summed E-state index contributed by atoms with van der Waals surface area (Å²) < 4.78 is 43.6. The van der Waals surface area contributed by atoms with Gasteiger partial charge in [0.2, 0.25) is 0 Å². The van der Waals surface area contributed by atoms with Crippen molar-refractivity contribution in [3.05, 3.63) is 0 Å². The molecule has 6 heteroatoms. The first-order valence-electron chi connectivity index (χ1n) is 3.78. The molecule has 0 aromatic rings. The zero-order valence-electron chi connectivity index (χ0n) is 6.73. The van der Waals surface area contributed by atoms with Crippen LogP contribution in [0.4, 0.5) is 13.2 Å². The van der Waals surface area contributed by atoms with Gasteiger partial charge in [-0.2, -0.15) is 8.78 Å². The zero-order chi connectivity index (χ0) is 10.1. The van der Waals surface area contributed by atoms with Crippen molar-refractivity contribution in [3.8, 4) is 0 Å². The average molecular weight is 198 g/mol. The van der Waals surface area contributed by atoms with Crippen LogP contribution < -0.4 is 0 Å². The molecule has 1 heterocycles. The molecule has 0 aliphatic carbocycles.